The molecule has 0 fully saturated rings. The third-order valence-electron chi connectivity index (χ3n) is 3.80. The summed E-state index contributed by atoms with van der Waals surface area (Å²) in [5, 5.41) is 1.63. The summed E-state index contributed by atoms with van der Waals surface area (Å²) in [6.45, 7) is 0. The Labute approximate surface area is 141 Å². The zero-order valence-electron chi connectivity index (χ0n) is 12.1. The predicted molar refractivity (Wildman–Crippen MR) is 95.0 cm³/mol. The van der Waals surface area contributed by atoms with Crippen LogP contribution in [-0.4, -0.2) is 0 Å². The summed E-state index contributed by atoms with van der Waals surface area (Å²) in [7, 11) is 0. The Morgan fingerprint density at radius 2 is 0.773 bits per heavy atom. The second kappa shape index (κ2) is 7.00. The van der Waals surface area contributed by atoms with E-state index in [1.165, 1.54) is 11.1 Å². The fourth-order valence-electron chi connectivity index (χ4n) is 2.60. The van der Waals surface area contributed by atoms with Gasteiger partial charge in [0.1, 0.15) is 0 Å². The van der Waals surface area contributed by atoms with Gasteiger partial charge in [0.05, 0.1) is 0 Å². The molecule has 0 N–H and O–H groups in total. The van der Waals surface area contributed by atoms with Crippen molar-refractivity contribution in [1.29, 1.82) is 0 Å². The molecule has 2 heteroatoms. The molecule has 0 heterocycles. The van der Waals surface area contributed by atoms with Crippen molar-refractivity contribution in [1.82, 2.24) is 0 Å². The first kappa shape index (κ1) is 15.1. The van der Waals surface area contributed by atoms with Crippen LogP contribution in [0, 0.1) is 0 Å². The van der Waals surface area contributed by atoms with Crippen LogP contribution < -0.4 is 0 Å². The van der Waals surface area contributed by atoms with E-state index in [-0.39, 0.29) is 0 Å². The zero-order chi connectivity index (χ0) is 15.4. The van der Waals surface area contributed by atoms with Crippen LogP contribution in [0.1, 0.15) is 22.3 Å². The number of rotatable bonds is 4. The van der Waals surface area contributed by atoms with E-state index in [1.54, 1.807) is 0 Å². The highest BCUT2D eigenvalue weighted by Crippen LogP contribution is 2.24. The Morgan fingerprint density at radius 3 is 1.14 bits per heavy atom. The van der Waals surface area contributed by atoms with Crippen molar-refractivity contribution in [3.05, 3.63) is 105 Å². The molecule has 0 saturated heterocycles. The monoisotopic (exact) mass is 326 g/mol. The lowest BCUT2D eigenvalue weighted by atomic mass is 9.95. The number of halogens is 2. The average Bonchev–Trinajstić information content (AvgIpc) is 2.53. The molecule has 0 atom stereocenters. The fourth-order valence-corrected chi connectivity index (χ4v) is 3.00. The van der Waals surface area contributed by atoms with Crippen LogP contribution in [0.25, 0.3) is 0 Å². The zero-order valence-corrected chi connectivity index (χ0v) is 13.6. The summed E-state index contributed by atoms with van der Waals surface area (Å²) >= 11 is 12.6. The van der Waals surface area contributed by atoms with Crippen molar-refractivity contribution in [2.75, 3.05) is 0 Å². The maximum atomic E-state index is 6.29. The summed E-state index contributed by atoms with van der Waals surface area (Å²) in [5.41, 5.74) is 4.87. The average molecular weight is 327 g/mol. The van der Waals surface area contributed by atoms with Crippen LogP contribution in [0.3, 0.4) is 0 Å². The van der Waals surface area contributed by atoms with Gasteiger partial charge in [0, 0.05) is 10.0 Å². The molecule has 3 aromatic carbocycles. The van der Waals surface area contributed by atoms with Gasteiger partial charge in [-0.15, -0.1) is 0 Å². The Morgan fingerprint density at radius 1 is 0.455 bits per heavy atom. The van der Waals surface area contributed by atoms with E-state index in [1.807, 2.05) is 36.4 Å². The lowest BCUT2D eigenvalue weighted by Gasteiger charge is -2.11. The quantitative estimate of drug-likeness (QED) is 0.537. The van der Waals surface area contributed by atoms with E-state index in [0.717, 1.165) is 34.0 Å². The Hall–Kier alpha value is -1.76. The normalized spacial score (nSPS) is 10.6. The first-order valence-corrected chi connectivity index (χ1v) is 8.03. The van der Waals surface area contributed by atoms with E-state index in [2.05, 4.69) is 36.4 Å². The Bertz CT molecular complexity index is 711. The summed E-state index contributed by atoms with van der Waals surface area (Å²) in [6.07, 6.45) is 1.67. The van der Waals surface area contributed by atoms with Gasteiger partial charge in [-0.05, 0) is 47.2 Å². The van der Waals surface area contributed by atoms with Gasteiger partial charge in [-0.1, -0.05) is 83.9 Å². The summed E-state index contributed by atoms with van der Waals surface area (Å²) < 4.78 is 0. The van der Waals surface area contributed by atoms with E-state index in [0.29, 0.717) is 0 Å². The summed E-state index contributed by atoms with van der Waals surface area (Å²) in [6, 6.07) is 24.5. The molecule has 0 nitrogen and oxygen atoms in total. The standard InChI is InChI=1S/C20H16Cl2/c21-19-11-5-3-9-17(19)13-15-7-1-2-8-16(15)14-18-10-4-6-12-20(18)22/h1-12H,13-14H2. The molecule has 0 unspecified atom stereocenters. The van der Waals surface area contributed by atoms with Crippen LogP contribution in [0.5, 0.6) is 0 Å². The Balaban J connectivity index is 1.91. The molecule has 3 aromatic rings. The van der Waals surface area contributed by atoms with Crippen molar-refractivity contribution in [3.8, 4) is 0 Å². The van der Waals surface area contributed by atoms with Crippen LogP contribution in [0.4, 0.5) is 0 Å². The topological polar surface area (TPSA) is 0 Å². The minimum absolute atomic E-state index is 0.815. The van der Waals surface area contributed by atoms with Crippen LogP contribution in [0.2, 0.25) is 10.0 Å². The minimum atomic E-state index is 0.815. The molecule has 0 bridgehead atoms. The highest BCUT2D eigenvalue weighted by Gasteiger charge is 2.08. The molecule has 0 amide bonds. The maximum absolute atomic E-state index is 6.29. The molecule has 110 valence electrons. The molecule has 0 aliphatic carbocycles. The molecular formula is C20H16Cl2. The van der Waals surface area contributed by atoms with Crippen LogP contribution in [0.15, 0.2) is 72.8 Å². The van der Waals surface area contributed by atoms with Crippen molar-refractivity contribution in [3.63, 3.8) is 0 Å². The lowest BCUT2D eigenvalue weighted by molar-refractivity contribution is 1.09. The predicted octanol–water partition coefficient (Wildman–Crippen LogP) is 6.18. The number of hydrogen-bond donors (Lipinski definition) is 0. The van der Waals surface area contributed by atoms with E-state index in [9.17, 15) is 0 Å². The Kier molecular flexibility index (Phi) is 4.82. The van der Waals surface area contributed by atoms with Gasteiger partial charge in [0.2, 0.25) is 0 Å². The SMILES string of the molecule is Clc1ccccc1Cc1ccccc1Cc1ccccc1Cl. The number of benzene rings is 3. The highest BCUT2D eigenvalue weighted by atomic mass is 35.5. The van der Waals surface area contributed by atoms with Gasteiger partial charge in [-0.25, -0.2) is 0 Å². The second-order valence-corrected chi connectivity index (χ2v) is 6.12. The molecule has 0 radical (unpaired) electrons. The maximum Gasteiger partial charge on any atom is 0.0441 e. The molecule has 0 aliphatic rings. The molecule has 0 spiro atoms. The van der Waals surface area contributed by atoms with E-state index in [4.69, 9.17) is 23.2 Å². The minimum Gasteiger partial charge on any atom is -0.0840 e. The van der Waals surface area contributed by atoms with Gasteiger partial charge in [0.15, 0.2) is 0 Å². The van der Waals surface area contributed by atoms with Crippen molar-refractivity contribution < 1.29 is 0 Å². The van der Waals surface area contributed by atoms with Gasteiger partial charge >= 0.3 is 0 Å². The highest BCUT2D eigenvalue weighted by molar-refractivity contribution is 6.31. The molecular weight excluding hydrogens is 311 g/mol. The molecule has 3 rings (SSSR count). The van der Waals surface area contributed by atoms with Crippen molar-refractivity contribution in [2.24, 2.45) is 0 Å². The summed E-state index contributed by atoms with van der Waals surface area (Å²) in [4.78, 5) is 0. The second-order valence-electron chi connectivity index (χ2n) is 5.31. The van der Waals surface area contributed by atoms with Crippen molar-refractivity contribution in [2.45, 2.75) is 12.8 Å². The van der Waals surface area contributed by atoms with E-state index >= 15 is 0 Å². The molecule has 0 saturated carbocycles. The first-order chi connectivity index (χ1) is 10.7. The van der Waals surface area contributed by atoms with Gasteiger partial charge in [0.25, 0.3) is 0 Å². The largest absolute Gasteiger partial charge is 0.0840 e. The lowest BCUT2D eigenvalue weighted by Crippen LogP contribution is -1.98. The molecule has 0 aliphatic heterocycles. The third-order valence-corrected chi connectivity index (χ3v) is 4.53. The first-order valence-electron chi connectivity index (χ1n) is 7.27. The van der Waals surface area contributed by atoms with Crippen molar-refractivity contribution >= 4 is 23.2 Å². The van der Waals surface area contributed by atoms with E-state index < -0.39 is 0 Å². The van der Waals surface area contributed by atoms with Gasteiger partial charge in [-0.2, -0.15) is 0 Å². The summed E-state index contributed by atoms with van der Waals surface area (Å²) in [5.74, 6) is 0. The fraction of sp³-hybridized carbons (Fsp3) is 0.100. The molecule has 22 heavy (non-hydrogen) atoms. The van der Waals surface area contributed by atoms with Gasteiger partial charge in [-0.3, -0.25) is 0 Å². The number of hydrogen-bond acceptors (Lipinski definition) is 0. The smallest absolute Gasteiger partial charge is 0.0441 e. The van der Waals surface area contributed by atoms with Crippen LogP contribution >= 0.6 is 23.2 Å². The molecule has 0 aromatic heterocycles. The third kappa shape index (κ3) is 3.52. The van der Waals surface area contributed by atoms with Crippen LogP contribution in [-0.2, 0) is 12.8 Å². The van der Waals surface area contributed by atoms with Gasteiger partial charge < -0.3 is 0 Å².